The maximum absolute atomic E-state index is 12.6. The lowest BCUT2D eigenvalue weighted by Gasteiger charge is -2.36. The first kappa shape index (κ1) is 21.4. The minimum atomic E-state index is -0.0581. The SMILES string of the molecule is CN(C)CC(=O)N1CCN(c2ccc3ccc(C(=O)NCCc4cccs4)cn23)CC1. The Kier molecular flexibility index (Phi) is 6.58. The molecule has 1 N–H and O–H groups in total. The molecule has 2 amide bonds. The van der Waals surface area contributed by atoms with Gasteiger partial charge in [0.05, 0.1) is 12.1 Å². The van der Waals surface area contributed by atoms with E-state index in [9.17, 15) is 9.59 Å². The van der Waals surface area contributed by atoms with Crippen molar-refractivity contribution in [1.82, 2.24) is 19.5 Å². The third-order valence-electron chi connectivity index (χ3n) is 5.54. The average molecular weight is 440 g/mol. The Morgan fingerprint density at radius 3 is 2.55 bits per heavy atom. The number of carbonyl (C=O) groups excluding carboxylic acids is 2. The van der Waals surface area contributed by atoms with Gasteiger partial charge in [-0.2, -0.15) is 0 Å². The molecular weight excluding hydrogens is 410 g/mol. The van der Waals surface area contributed by atoms with Gasteiger partial charge in [0.15, 0.2) is 0 Å². The first-order valence-electron chi connectivity index (χ1n) is 10.6. The fourth-order valence-corrected chi connectivity index (χ4v) is 4.60. The second kappa shape index (κ2) is 9.53. The van der Waals surface area contributed by atoms with Crippen molar-refractivity contribution in [3.63, 3.8) is 0 Å². The van der Waals surface area contributed by atoms with Gasteiger partial charge in [0, 0.05) is 49.3 Å². The Labute approximate surface area is 186 Å². The standard InChI is InChI=1S/C23H29N5O2S/c1-25(2)17-22(29)27-13-11-26(12-14-27)21-8-7-19-6-5-18(16-28(19)21)23(30)24-10-9-20-4-3-15-31-20/h3-8,15-16H,9-14,17H2,1-2H3,(H,24,30). The molecule has 31 heavy (non-hydrogen) atoms. The smallest absolute Gasteiger partial charge is 0.252 e. The number of hydrogen-bond acceptors (Lipinski definition) is 5. The van der Waals surface area contributed by atoms with Crippen molar-refractivity contribution in [2.24, 2.45) is 0 Å². The number of fused-ring (bicyclic) bond motifs is 1. The van der Waals surface area contributed by atoms with E-state index in [1.165, 1.54) is 4.88 Å². The van der Waals surface area contributed by atoms with Crippen LogP contribution in [0.1, 0.15) is 15.2 Å². The summed E-state index contributed by atoms with van der Waals surface area (Å²) >= 11 is 1.71. The topological polar surface area (TPSA) is 60.3 Å². The van der Waals surface area contributed by atoms with E-state index in [0.29, 0.717) is 31.7 Å². The monoisotopic (exact) mass is 439 g/mol. The molecule has 1 fully saturated rings. The number of rotatable bonds is 7. The van der Waals surface area contributed by atoms with Crippen LogP contribution in [0.15, 0.2) is 48.0 Å². The lowest BCUT2D eigenvalue weighted by Crippen LogP contribution is -2.51. The van der Waals surface area contributed by atoms with Crippen LogP contribution in [-0.2, 0) is 11.2 Å². The van der Waals surface area contributed by atoms with E-state index < -0.39 is 0 Å². The fourth-order valence-electron chi connectivity index (χ4n) is 3.89. The van der Waals surface area contributed by atoms with Crippen molar-refractivity contribution in [1.29, 1.82) is 0 Å². The number of thiophene rings is 1. The van der Waals surface area contributed by atoms with Gasteiger partial charge in [-0.1, -0.05) is 6.07 Å². The summed E-state index contributed by atoms with van der Waals surface area (Å²) in [5.74, 6) is 1.17. The van der Waals surface area contributed by atoms with Crippen LogP contribution < -0.4 is 10.2 Å². The molecule has 1 aliphatic heterocycles. The zero-order valence-corrected chi connectivity index (χ0v) is 18.9. The highest BCUT2D eigenvalue weighted by molar-refractivity contribution is 7.09. The molecule has 164 valence electrons. The van der Waals surface area contributed by atoms with E-state index in [0.717, 1.165) is 30.8 Å². The summed E-state index contributed by atoms with van der Waals surface area (Å²) in [7, 11) is 3.83. The Balaban J connectivity index is 1.40. The van der Waals surface area contributed by atoms with Crippen molar-refractivity contribution >= 4 is 34.5 Å². The zero-order chi connectivity index (χ0) is 21.8. The van der Waals surface area contributed by atoms with Gasteiger partial charge < -0.3 is 24.4 Å². The molecule has 3 aromatic rings. The number of carbonyl (C=O) groups is 2. The summed E-state index contributed by atoms with van der Waals surface area (Å²) in [5, 5.41) is 5.07. The van der Waals surface area contributed by atoms with Crippen LogP contribution in [0.5, 0.6) is 0 Å². The van der Waals surface area contributed by atoms with E-state index in [4.69, 9.17) is 0 Å². The average Bonchev–Trinajstić information content (AvgIpc) is 3.42. The Bertz CT molecular complexity index is 1040. The largest absolute Gasteiger partial charge is 0.354 e. The minimum absolute atomic E-state index is 0.0581. The van der Waals surface area contributed by atoms with Crippen molar-refractivity contribution in [3.8, 4) is 0 Å². The van der Waals surface area contributed by atoms with E-state index in [1.54, 1.807) is 11.3 Å². The molecule has 0 aromatic carbocycles. The number of nitrogens with one attached hydrogen (secondary N) is 1. The maximum atomic E-state index is 12.6. The van der Waals surface area contributed by atoms with Gasteiger partial charge in [-0.25, -0.2) is 0 Å². The molecule has 0 bridgehead atoms. The van der Waals surface area contributed by atoms with Crippen molar-refractivity contribution < 1.29 is 9.59 Å². The molecule has 0 atom stereocenters. The van der Waals surface area contributed by atoms with E-state index in [2.05, 4.69) is 38.2 Å². The number of amides is 2. The molecule has 0 saturated carbocycles. The number of likely N-dealkylation sites (N-methyl/N-ethyl adjacent to an activating group) is 1. The third-order valence-corrected chi connectivity index (χ3v) is 6.47. The van der Waals surface area contributed by atoms with Gasteiger partial charge in [-0.05, 0) is 56.2 Å². The highest BCUT2D eigenvalue weighted by atomic mass is 32.1. The molecule has 8 heteroatoms. The third kappa shape index (κ3) is 5.08. The summed E-state index contributed by atoms with van der Waals surface area (Å²) in [6.45, 7) is 4.05. The first-order chi connectivity index (χ1) is 15.0. The quantitative estimate of drug-likeness (QED) is 0.613. The van der Waals surface area contributed by atoms with Crippen molar-refractivity contribution in [2.45, 2.75) is 6.42 Å². The lowest BCUT2D eigenvalue weighted by molar-refractivity contribution is -0.132. The number of aromatic nitrogens is 1. The number of piperazine rings is 1. The lowest BCUT2D eigenvalue weighted by atomic mass is 10.2. The predicted octanol–water partition coefficient (Wildman–Crippen LogP) is 2.18. The van der Waals surface area contributed by atoms with Crippen molar-refractivity contribution in [3.05, 3.63) is 58.4 Å². The van der Waals surface area contributed by atoms with Gasteiger partial charge in [0.1, 0.15) is 5.82 Å². The van der Waals surface area contributed by atoms with Crippen LogP contribution in [-0.4, -0.2) is 79.4 Å². The van der Waals surface area contributed by atoms with Crippen LogP contribution in [0.4, 0.5) is 5.82 Å². The molecule has 4 rings (SSSR count). The van der Waals surface area contributed by atoms with Crippen LogP contribution in [0.2, 0.25) is 0 Å². The van der Waals surface area contributed by atoms with Crippen LogP contribution in [0.3, 0.4) is 0 Å². The zero-order valence-electron chi connectivity index (χ0n) is 18.1. The number of anilines is 1. The molecule has 1 aliphatic rings. The van der Waals surface area contributed by atoms with Crippen LogP contribution in [0, 0.1) is 0 Å². The number of pyridine rings is 1. The Morgan fingerprint density at radius 1 is 1.06 bits per heavy atom. The summed E-state index contributed by atoms with van der Waals surface area (Å²) in [6.07, 6.45) is 2.76. The van der Waals surface area contributed by atoms with Gasteiger partial charge in [0.2, 0.25) is 5.91 Å². The van der Waals surface area contributed by atoms with Crippen molar-refractivity contribution in [2.75, 3.05) is 58.3 Å². The maximum Gasteiger partial charge on any atom is 0.252 e. The second-order valence-electron chi connectivity index (χ2n) is 8.10. The first-order valence-corrected chi connectivity index (χ1v) is 11.5. The van der Waals surface area contributed by atoms with E-state index in [1.807, 2.05) is 48.3 Å². The normalized spacial score (nSPS) is 14.4. The predicted molar refractivity (Wildman–Crippen MR) is 125 cm³/mol. The minimum Gasteiger partial charge on any atom is -0.354 e. The highest BCUT2D eigenvalue weighted by Gasteiger charge is 2.23. The molecule has 0 radical (unpaired) electrons. The Morgan fingerprint density at radius 2 is 1.84 bits per heavy atom. The van der Waals surface area contributed by atoms with Gasteiger partial charge >= 0.3 is 0 Å². The highest BCUT2D eigenvalue weighted by Crippen LogP contribution is 2.22. The number of nitrogens with zero attached hydrogens (tertiary/aromatic N) is 4. The fraction of sp³-hybridized carbons (Fsp3) is 0.391. The molecule has 0 unspecified atom stereocenters. The van der Waals surface area contributed by atoms with Crippen LogP contribution >= 0.6 is 11.3 Å². The molecule has 0 aliphatic carbocycles. The van der Waals surface area contributed by atoms with Gasteiger partial charge in [-0.3, -0.25) is 9.59 Å². The molecule has 0 spiro atoms. The number of hydrogen-bond donors (Lipinski definition) is 1. The molecule has 3 aromatic heterocycles. The van der Waals surface area contributed by atoms with E-state index in [-0.39, 0.29) is 11.8 Å². The summed E-state index contributed by atoms with van der Waals surface area (Å²) in [5.41, 5.74) is 1.70. The second-order valence-corrected chi connectivity index (χ2v) is 9.13. The summed E-state index contributed by atoms with van der Waals surface area (Å²) in [6, 6.07) is 12.1. The van der Waals surface area contributed by atoms with Gasteiger partial charge in [0.25, 0.3) is 5.91 Å². The molecule has 4 heterocycles. The van der Waals surface area contributed by atoms with E-state index >= 15 is 0 Å². The van der Waals surface area contributed by atoms with Gasteiger partial charge in [-0.15, -0.1) is 11.3 Å². The summed E-state index contributed by atoms with van der Waals surface area (Å²) in [4.78, 5) is 32.3. The Hall–Kier alpha value is -2.84. The summed E-state index contributed by atoms with van der Waals surface area (Å²) < 4.78 is 2.07. The molecule has 7 nitrogen and oxygen atoms in total. The molecular formula is C23H29N5O2S. The van der Waals surface area contributed by atoms with Crippen LogP contribution in [0.25, 0.3) is 5.52 Å². The molecule has 1 saturated heterocycles.